The number of carboxylic acid groups (broad SMARTS) is 1. The van der Waals surface area contributed by atoms with Crippen LogP contribution in [0.25, 0.3) is 5.65 Å². The summed E-state index contributed by atoms with van der Waals surface area (Å²) in [7, 11) is 0. The summed E-state index contributed by atoms with van der Waals surface area (Å²) in [4.78, 5) is 28.8. The molecule has 32 heavy (non-hydrogen) atoms. The number of nitrogens with zero attached hydrogens (tertiary/aromatic N) is 3. The molecule has 4 N–H and O–H groups in total. The molecule has 0 bridgehead atoms. The van der Waals surface area contributed by atoms with Gasteiger partial charge in [0, 0.05) is 6.42 Å². The van der Waals surface area contributed by atoms with Crippen molar-refractivity contribution in [2.75, 3.05) is 0 Å². The van der Waals surface area contributed by atoms with Gasteiger partial charge in [0.25, 0.3) is 0 Å². The fourth-order valence-corrected chi connectivity index (χ4v) is 5.07. The highest BCUT2D eigenvalue weighted by atomic mass is 19.4. The molecule has 3 aliphatic rings. The first-order valence-electron chi connectivity index (χ1n) is 10.8. The lowest BCUT2D eigenvalue weighted by molar-refractivity contribution is -0.157. The van der Waals surface area contributed by atoms with E-state index in [1.54, 1.807) is 17.6 Å². The van der Waals surface area contributed by atoms with E-state index in [2.05, 4.69) is 10.1 Å². The summed E-state index contributed by atoms with van der Waals surface area (Å²) in [6.45, 7) is 0. The number of fused-ring (bicyclic) bond motifs is 1. The average Bonchev–Trinajstić information content (AvgIpc) is 3.64. The molecule has 8 nitrogen and oxygen atoms in total. The fourth-order valence-electron chi connectivity index (χ4n) is 5.07. The number of amides is 1. The number of nitrogens with two attached hydrogens (primary N) is 1. The van der Waals surface area contributed by atoms with Crippen LogP contribution in [-0.4, -0.2) is 43.8 Å². The number of rotatable bonds is 7. The lowest BCUT2D eigenvalue weighted by Gasteiger charge is -2.21. The Hall–Kier alpha value is -2.69. The van der Waals surface area contributed by atoms with Gasteiger partial charge in [-0.15, -0.1) is 0 Å². The van der Waals surface area contributed by atoms with Gasteiger partial charge in [0.1, 0.15) is 6.04 Å². The quantitative estimate of drug-likeness (QED) is 0.555. The molecule has 2 aromatic heterocycles. The largest absolute Gasteiger partial charge is 0.480 e. The number of hydrogen-bond acceptors (Lipinski definition) is 5. The highest BCUT2D eigenvalue weighted by Gasteiger charge is 2.59. The van der Waals surface area contributed by atoms with Gasteiger partial charge in [-0.05, 0) is 61.5 Å². The lowest BCUT2D eigenvalue weighted by Crippen LogP contribution is -2.41. The van der Waals surface area contributed by atoms with E-state index in [0.717, 1.165) is 0 Å². The molecule has 0 aromatic carbocycles. The highest BCUT2D eigenvalue weighted by molar-refractivity contribution is 6.04. The minimum absolute atomic E-state index is 0.223. The minimum Gasteiger partial charge on any atom is -0.480 e. The topological polar surface area (TPSA) is 123 Å². The Bertz CT molecular complexity index is 1070. The number of halogens is 3. The number of nitrogens with one attached hydrogen (secondary N) is 1. The molecule has 5 rings (SSSR count). The van der Waals surface area contributed by atoms with E-state index >= 15 is 0 Å². The highest BCUT2D eigenvalue weighted by Crippen LogP contribution is 2.53. The Balaban J connectivity index is 1.41. The zero-order valence-electron chi connectivity index (χ0n) is 17.2. The number of carbonyl (C=O) groups is 2. The van der Waals surface area contributed by atoms with E-state index in [0.29, 0.717) is 34.7 Å². The summed E-state index contributed by atoms with van der Waals surface area (Å²) in [6, 6.07) is -0.856. The molecular weight excluding hydrogens is 427 g/mol. The zero-order chi connectivity index (χ0) is 22.8. The first-order valence-corrected chi connectivity index (χ1v) is 10.8. The van der Waals surface area contributed by atoms with E-state index in [1.807, 2.05) is 0 Å². The summed E-state index contributed by atoms with van der Waals surface area (Å²) < 4.78 is 40.8. The number of aliphatic carboxylic acids is 1. The maximum atomic E-state index is 13.1. The van der Waals surface area contributed by atoms with Crippen LogP contribution in [0.5, 0.6) is 0 Å². The molecule has 1 saturated heterocycles. The van der Waals surface area contributed by atoms with Crippen LogP contribution in [0.15, 0.2) is 18.5 Å². The van der Waals surface area contributed by atoms with Crippen molar-refractivity contribution >= 4 is 17.5 Å². The molecule has 0 radical (unpaired) electrons. The van der Waals surface area contributed by atoms with Gasteiger partial charge in [-0.3, -0.25) is 9.59 Å². The molecule has 11 heteroatoms. The summed E-state index contributed by atoms with van der Waals surface area (Å²) in [6.07, 6.45) is 1.84. The molecule has 2 aliphatic carbocycles. The Morgan fingerprint density at radius 3 is 2.50 bits per heavy atom. The molecule has 172 valence electrons. The number of carboxylic acids is 1. The van der Waals surface area contributed by atoms with Gasteiger partial charge in [-0.2, -0.15) is 18.3 Å². The summed E-state index contributed by atoms with van der Waals surface area (Å²) >= 11 is 0. The predicted octanol–water partition coefficient (Wildman–Crippen LogP) is 2.23. The number of carbonyl (C=O) groups excluding carboxylic acids is 1. The predicted molar refractivity (Wildman–Crippen MR) is 105 cm³/mol. The molecule has 1 amide bonds. The molecule has 0 spiro atoms. The van der Waals surface area contributed by atoms with Gasteiger partial charge in [0.2, 0.25) is 5.91 Å². The molecule has 2 saturated carbocycles. The summed E-state index contributed by atoms with van der Waals surface area (Å²) in [5, 5.41) is 15.7. The van der Waals surface area contributed by atoms with Gasteiger partial charge in [0.05, 0.1) is 24.1 Å². The van der Waals surface area contributed by atoms with Crippen molar-refractivity contribution in [1.29, 1.82) is 0 Å². The van der Waals surface area contributed by atoms with E-state index < -0.39 is 42.4 Å². The number of imidazole rings is 1. The maximum absolute atomic E-state index is 13.1. The molecule has 3 atom stereocenters. The van der Waals surface area contributed by atoms with Gasteiger partial charge < -0.3 is 16.2 Å². The van der Waals surface area contributed by atoms with E-state index in [1.165, 1.54) is 36.4 Å². The molecule has 1 unspecified atom stereocenters. The monoisotopic (exact) mass is 451 g/mol. The van der Waals surface area contributed by atoms with Crippen LogP contribution in [0.2, 0.25) is 0 Å². The van der Waals surface area contributed by atoms with Crippen molar-refractivity contribution in [3.8, 4) is 0 Å². The molecule has 3 heterocycles. The van der Waals surface area contributed by atoms with Gasteiger partial charge in [0.15, 0.2) is 11.1 Å². The Morgan fingerprint density at radius 1 is 1.31 bits per heavy atom. The second kappa shape index (κ2) is 7.16. The normalized spacial score (nSPS) is 27.2. The number of aromatic nitrogens is 3. The van der Waals surface area contributed by atoms with Crippen LogP contribution in [0.1, 0.15) is 49.4 Å². The van der Waals surface area contributed by atoms with Gasteiger partial charge in [-0.25, -0.2) is 9.50 Å². The second-order valence-electron chi connectivity index (χ2n) is 9.45. The van der Waals surface area contributed by atoms with Crippen LogP contribution in [-0.2, 0) is 16.0 Å². The van der Waals surface area contributed by atoms with Crippen LogP contribution in [0.4, 0.5) is 13.2 Å². The number of alkyl halides is 3. The van der Waals surface area contributed by atoms with E-state index in [-0.39, 0.29) is 6.04 Å². The van der Waals surface area contributed by atoms with Crippen molar-refractivity contribution in [3.05, 3.63) is 29.7 Å². The first-order chi connectivity index (χ1) is 15.1. The average molecular weight is 451 g/mol. The van der Waals surface area contributed by atoms with Crippen LogP contribution >= 0.6 is 0 Å². The standard InChI is InChI=1S/C21H24F3N5O3/c22-21(23,24)14-7-20(19(31)32,18(30)28-14)6-10-5-15-27-13(9-29(15)26-8-10)17(25)16(11-1-2-11)12-3-4-12/h5,8-9,11-12,14,16-17H,1-4,6-7,25H2,(H,28,30)(H,31,32)/t14-,17+,20?/m0/s1. The van der Waals surface area contributed by atoms with Crippen molar-refractivity contribution in [2.24, 2.45) is 28.9 Å². The molecular formula is C21H24F3N5O3. The zero-order valence-corrected chi connectivity index (χ0v) is 17.2. The van der Waals surface area contributed by atoms with Crippen molar-refractivity contribution in [1.82, 2.24) is 19.9 Å². The van der Waals surface area contributed by atoms with E-state index in [9.17, 15) is 27.9 Å². The van der Waals surface area contributed by atoms with E-state index in [4.69, 9.17) is 5.73 Å². The van der Waals surface area contributed by atoms with Crippen molar-refractivity contribution in [3.63, 3.8) is 0 Å². The fraction of sp³-hybridized carbons (Fsp3) is 0.619. The number of hydrogen-bond donors (Lipinski definition) is 3. The summed E-state index contributed by atoms with van der Waals surface area (Å²) in [5.74, 6) is -1.09. The molecule has 1 aliphatic heterocycles. The van der Waals surface area contributed by atoms with Crippen molar-refractivity contribution in [2.45, 2.75) is 56.8 Å². The Kier molecular flexibility index (Phi) is 4.74. The third-order valence-corrected chi connectivity index (χ3v) is 7.09. The summed E-state index contributed by atoms with van der Waals surface area (Å²) in [5.41, 5.74) is 5.78. The SMILES string of the molecule is N[C@H](c1cn2ncc(CC3(C(=O)O)C[C@@H](C(F)(F)F)NC3=O)cc2n1)C(C1CC1)C1CC1. The molecule has 3 fully saturated rings. The molecule has 2 aromatic rings. The van der Waals surface area contributed by atoms with Gasteiger partial charge in [-0.1, -0.05) is 0 Å². The van der Waals surface area contributed by atoms with Crippen LogP contribution < -0.4 is 11.1 Å². The van der Waals surface area contributed by atoms with Crippen LogP contribution in [0, 0.1) is 23.2 Å². The first kappa shape index (κ1) is 21.2. The third kappa shape index (κ3) is 3.62. The van der Waals surface area contributed by atoms with Crippen molar-refractivity contribution < 1.29 is 27.9 Å². The second-order valence-corrected chi connectivity index (χ2v) is 9.45. The Morgan fingerprint density at radius 2 is 1.97 bits per heavy atom. The smallest absolute Gasteiger partial charge is 0.408 e. The van der Waals surface area contributed by atoms with Crippen LogP contribution in [0.3, 0.4) is 0 Å². The maximum Gasteiger partial charge on any atom is 0.408 e. The third-order valence-electron chi connectivity index (χ3n) is 7.09. The minimum atomic E-state index is -4.72. The van der Waals surface area contributed by atoms with Gasteiger partial charge >= 0.3 is 12.1 Å². The Labute approximate surface area is 181 Å². The lowest BCUT2D eigenvalue weighted by atomic mass is 9.79.